The average Bonchev–Trinajstić information content (AvgIpc) is 3.67. The zero-order valence-electron chi connectivity index (χ0n) is 23.9. The zero-order valence-corrected chi connectivity index (χ0v) is 23.9. The number of hydrogen-bond donors (Lipinski definition) is 1. The number of quaternary nitrogens is 1. The highest BCUT2D eigenvalue weighted by Crippen LogP contribution is 2.66. The van der Waals surface area contributed by atoms with E-state index in [0.29, 0.717) is 29.9 Å². The molecule has 2 aliphatic heterocycles. The number of carbonyl (C=O) groups excluding carboxylic acids is 2. The number of halogens is 3. The van der Waals surface area contributed by atoms with E-state index in [9.17, 15) is 22.8 Å². The molecule has 1 saturated heterocycles. The van der Waals surface area contributed by atoms with E-state index in [1.54, 1.807) is 18.2 Å². The van der Waals surface area contributed by atoms with Crippen LogP contribution >= 0.6 is 0 Å². The van der Waals surface area contributed by atoms with Crippen molar-refractivity contribution in [2.75, 3.05) is 25.5 Å². The number of anilines is 1. The van der Waals surface area contributed by atoms with Crippen molar-refractivity contribution in [1.82, 2.24) is 0 Å². The molecule has 0 radical (unpaired) electrons. The third kappa shape index (κ3) is 4.34. The molecule has 3 aliphatic carbocycles. The Kier molecular flexibility index (Phi) is 6.28. The minimum Gasteiger partial charge on any atom is -0.487 e. The number of benzene rings is 2. The van der Waals surface area contributed by atoms with E-state index in [1.165, 1.54) is 38.0 Å². The standard InChI is InChI=1S/C33H35F3N2O4/c1-19(39)41-27-17-25(37-31(40)24(33(34,35)36)15-20-7-4-3-5-8-20)30-29-22(27)16-26-23-9-6-10-28(42-30)32(23,29)13-14-38(26,2)18-21-11-12-21/h3-5,7-8,15,17,21,23,26,28H,6,9-14,16,18H2,1-2H3/p+1/t23-,26+,28-,32+,38?/m0/s1. The Labute approximate surface area is 243 Å². The largest absolute Gasteiger partial charge is 0.487 e. The molecule has 2 saturated carbocycles. The lowest BCUT2D eigenvalue weighted by Crippen LogP contribution is -2.70. The van der Waals surface area contributed by atoms with Crippen LogP contribution < -0.4 is 14.8 Å². The number of carbonyl (C=O) groups is 2. The highest BCUT2D eigenvalue weighted by atomic mass is 19.4. The first-order chi connectivity index (χ1) is 20.0. The van der Waals surface area contributed by atoms with Crippen LogP contribution in [0.2, 0.25) is 0 Å². The molecule has 1 unspecified atom stereocenters. The molecule has 5 atom stereocenters. The summed E-state index contributed by atoms with van der Waals surface area (Å²) in [6.07, 6.45) is 2.97. The van der Waals surface area contributed by atoms with E-state index in [1.807, 2.05) is 0 Å². The maximum atomic E-state index is 14.2. The van der Waals surface area contributed by atoms with E-state index in [0.717, 1.165) is 66.4 Å². The number of likely N-dealkylation sites (tertiary alicyclic amines) is 1. The Morgan fingerprint density at radius 2 is 1.93 bits per heavy atom. The van der Waals surface area contributed by atoms with Gasteiger partial charge in [-0.15, -0.1) is 0 Å². The van der Waals surface area contributed by atoms with Crippen molar-refractivity contribution in [3.8, 4) is 11.5 Å². The van der Waals surface area contributed by atoms with Crippen molar-refractivity contribution < 1.29 is 36.7 Å². The van der Waals surface area contributed by atoms with Crippen LogP contribution in [-0.2, 0) is 21.4 Å². The van der Waals surface area contributed by atoms with Gasteiger partial charge in [-0.3, -0.25) is 9.59 Å². The van der Waals surface area contributed by atoms with Crippen LogP contribution in [0.4, 0.5) is 18.9 Å². The topological polar surface area (TPSA) is 64.6 Å². The van der Waals surface area contributed by atoms with E-state index >= 15 is 0 Å². The number of alkyl halides is 3. The number of nitrogens with one attached hydrogen (secondary N) is 1. The van der Waals surface area contributed by atoms with Gasteiger partial charge in [-0.2, -0.15) is 13.2 Å². The minimum atomic E-state index is -4.88. The molecule has 3 fully saturated rings. The molecule has 222 valence electrons. The molecule has 2 heterocycles. The summed E-state index contributed by atoms with van der Waals surface area (Å²) in [6, 6.07) is 9.80. The van der Waals surface area contributed by atoms with Crippen LogP contribution in [0.1, 0.15) is 62.1 Å². The fourth-order valence-corrected chi connectivity index (χ4v) is 8.68. The Bertz CT molecular complexity index is 1480. The zero-order chi connectivity index (χ0) is 29.4. The smallest absolute Gasteiger partial charge is 0.421 e. The highest BCUT2D eigenvalue weighted by molar-refractivity contribution is 6.08. The number of esters is 1. The minimum absolute atomic E-state index is 0.118. The summed E-state index contributed by atoms with van der Waals surface area (Å²) >= 11 is 0. The lowest BCUT2D eigenvalue weighted by molar-refractivity contribution is -0.946. The van der Waals surface area contributed by atoms with Gasteiger partial charge in [0.15, 0.2) is 0 Å². The Balaban J connectivity index is 1.34. The van der Waals surface area contributed by atoms with Crippen LogP contribution in [0.15, 0.2) is 42.0 Å². The molecule has 7 rings (SSSR count). The second-order valence-corrected chi connectivity index (χ2v) is 13.2. The summed E-state index contributed by atoms with van der Waals surface area (Å²) in [5.74, 6) is 0.0936. The van der Waals surface area contributed by atoms with Gasteiger partial charge in [-0.1, -0.05) is 30.3 Å². The molecule has 2 aromatic rings. The lowest BCUT2D eigenvalue weighted by atomic mass is 9.51. The predicted octanol–water partition coefficient (Wildman–Crippen LogP) is 6.18. The second kappa shape index (κ2) is 9.59. The summed E-state index contributed by atoms with van der Waals surface area (Å²) in [4.78, 5) is 25.6. The van der Waals surface area contributed by atoms with Crippen molar-refractivity contribution in [3.63, 3.8) is 0 Å². The van der Waals surface area contributed by atoms with Gasteiger partial charge in [0.1, 0.15) is 23.2 Å². The maximum Gasteiger partial charge on any atom is 0.421 e. The first kappa shape index (κ1) is 27.5. The van der Waals surface area contributed by atoms with Crippen LogP contribution in [0.25, 0.3) is 6.08 Å². The van der Waals surface area contributed by atoms with Crippen LogP contribution in [-0.4, -0.2) is 54.8 Å². The Morgan fingerprint density at radius 1 is 1.17 bits per heavy atom. The first-order valence-corrected chi connectivity index (χ1v) is 15.0. The van der Waals surface area contributed by atoms with E-state index < -0.39 is 23.6 Å². The van der Waals surface area contributed by atoms with Crippen molar-refractivity contribution in [3.05, 3.63) is 58.7 Å². The molecular weight excluding hydrogens is 545 g/mol. The third-order valence-corrected chi connectivity index (χ3v) is 10.5. The molecule has 1 amide bonds. The summed E-state index contributed by atoms with van der Waals surface area (Å²) in [7, 11) is 2.37. The van der Waals surface area contributed by atoms with Gasteiger partial charge in [-0.05, 0) is 43.7 Å². The number of rotatable bonds is 6. The Hall–Kier alpha value is -3.33. The van der Waals surface area contributed by atoms with Gasteiger partial charge in [0, 0.05) is 48.8 Å². The molecular formula is C33H36F3N2O4+. The summed E-state index contributed by atoms with van der Waals surface area (Å²) < 4.78 is 55.9. The molecule has 1 N–H and O–H groups in total. The lowest BCUT2D eigenvalue weighted by Gasteiger charge is -2.61. The average molecular weight is 582 g/mol. The summed E-state index contributed by atoms with van der Waals surface area (Å²) in [6.45, 7) is 3.48. The normalized spacial score (nSPS) is 31.2. The number of piperidine rings is 1. The fourth-order valence-electron chi connectivity index (χ4n) is 8.68. The third-order valence-electron chi connectivity index (χ3n) is 10.5. The van der Waals surface area contributed by atoms with Gasteiger partial charge >= 0.3 is 12.1 Å². The van der Waals surface area contributed by atoms with Gasteiger partial charge in [0.25, 0.3) is 5.91 Å². The number of hydrogen-bond acceptors (Lipinski definition) is 4. The molecule has 1 spiro atoms. The molecule has 6 nitrogen and oxygen atoms in total. The maximum absolute atomic E-state index is 14.2. The van der Waals surface area contributed by atoms with Gasteiger partial charge < -0.3 is 19.3 Å². The van der Waals surface area contributed by atoms with Crippen LogP contribution in [0, 0.1) is 11.8 Å². The van der Waals surface area contributed by atoms with E-state index in [-0.39, 0.29) is 22.8 Å². The van der Waals surface area contributed by atoms with Crippen molar-refractivity contribution in [2.24, 2.45) is 11.8 Å². The van der Waals surface area contributed by atoms with Gasteiger partial charge in [0.05, 0.1) is 37.3 Å². The van der Waals surface area contributed by atoms with Crippen LogP contribution in [0.3, 0.4) is 0 Å². The summed E-state index contributed by atoms with van der Waals surface area (Å²) in [5.41, 5.74) is 0.640. The van der Waals surface area contributed by atoms with Crippen molar-refractivity contribution >= 4 is 23.6 Å². The molecule has 42 heavy (non-hydrogen) atoms. The number of likely N-dealkylation sites (N-methyl/N-ethyl adjacent to an activating group) is 1. The highest BCUT2D eigenvalue weighted by Gasteiger charge is 2.67. The fraction of sp³-hybridized carbons (Fsp3) is 0.515. The summed E-state index contributed by atoms with van der Waals surface area (Å²) in [5, 5.41) is 2.53. The molecule has 2 bridgehead atoms. The first-order valence-electron chi connectivity index (χ1n) is 15.0. The monoisotopic (exact) mass is 581 g/mol. The van der Waals surface area contributed by atoms with Gasteiger partial charge in [0.2, 0.25) is 0 Å². The quantitative estimate of drug-likeness (QED) is 0.192. The van der Waals surface area contributed by atoms with Crippen LogP contribution in [0.5, 0.6) is 11.5 Å². The van der Waals surface area contributed by atoms with E-state index in [4.69, 9.17) is 9.47 Å². The number of nitrogens with zero attached hydrogens (tertiary/aromatic N) is 1. The molecule has 2 aromatic carbocycles. The molecule has 5 aliphatic rings. The van der Waals surface area contributed by atoms with Crippen molar-refractivity contribution in [2.45, 2.75) is 75.6 Å². The van der Waals surface area contributed by atoms with Gasteiger partial charge in [-0.25, -0.2) is 0 Å². The number of ether oxygens (including phenoxy) is 2. The number of amides is 1. The SMILES string of the molecule is CC(=O)Oc1cc(NC(=O)C(=Cc2ccccc2)C(F)(F)F)c2c3c1C[C@@H]1[C@@H]4CCC[C@H](O2)[C@]34CC[N+]1(C)CC1CC1. The predicted molar refractivity (Wildman–Crippen MR) is 151 cm³/mol. The Morgan fingerprint density at radius 3 is 2.62 bits per heavy atom. The second-order valence-electron chi connectivity index (χ2n) is 13.2. The van der Waals surface area contributed by atoms with E-state index in [2.05, 4.69) is 12.4 Å². The molecule has 9 heteroatoms. The van der Waals surface area contributed by atoms with Crippen molar-refractivity contribution in [1.29, 1.82) is 0 Å². The molecule has 0 aromatic heterocycles.